The van der Waals surface area contributed by atoms with Gasteiger partial charge in [-0.25, -0.2) is 0 Å². The van der Waals surface area contributed by atoms with Crippen molar-refractivity contribution < 1.29 is 4.79 Å². The lowest BCUT2D eigenvalue weighted by atomic mass is 9.88. The van der Waals surface area contributed by atoms with Crippen molar-refractivity contribution in [3.05, 3.63) is 35.4 Å². The van der Waals surface area contributed by atoms with Crippen molar-refractivity contribution in [2.45, 2.75) is 25.3 Å². The van der Waals surface area contributed by atoms with E-state index in [1.807, 2.05) is 4.90 Å². The van der Waals surface area contributed by atoms with Gasteiger partial charge < -0.3 is 10.2 Å². The van der Waals surface area contributed by atoms with Crippen molar-refractivity contribution in [1.82, 2.24) is 15.1 Å². The lowest BCUT2D eigenvalue weighted by Crippen LogP contribution is -2.50. The van der Waals surface area contributed by atoms with Gasteiger partial charge >= 0.3 is 0 Å². The predicted octanol–water partition coefficient (Wildman–Crippen LogP) is 0.908. The van der Waals surface area contributed by atoms with E-state index < -0.39 is 0 Å². The Morgan fingerprint density at radius 1 is 1.29 bits per heavy atom. The highest BCUT2D eigenvalue weighted by Gasteiger charge is 2.25. The molecule has 0 aromatic heterocycles. The number of benzene rings is 1. The zero-order valence-corrected chi connectivity index (χ0v) is 12.8. The zero-order valence-electron chi connectivity index (χ0n) is 12.8. The van der Waals surface area contributed by atoms with Crippen LogP contribution in [0.25, 0.3) is 0 Å². The second kappa shape index (κ2) is 6.58. The van der Waals surface area contributed by atoms with Gasteiger partial charge in [-0.1, -0.05) is 24.3 Å². The van der Waals surface area contributed by atoms with Gasteiger partial charge in [-0.15, -0.1) is 0 Å². The summed E-state index contributed by atoms with van der Waals surface area (Å²) in [6.07, 6.45) is 3.36. The van der Waals surface area contributed by atoms with Crippen LogP contribution in [0.1, 0.15) is 17.5 Å². The van der Waals surface area contributed by atoms with Crippen molar-refractivity contribution in [2.24, 2.45) is 0 Å². The van der Waals surface area contributed by atoms with Crippen LogP contribution in [0.5, 0.6) is 0 Å². The number of carbonyl (C=O) groups excluding carboxylic acids is 1. The molecule has 21 heavy (non-hydrogen) atoms. The average Bonchev–Trinajstić information content (AvgIpc) is 2.55. The van der Waals surface area contributed by atoms with Crippen molar-refractivity contribution in [1.29, 1.82) is 0 Å². The average molecular weight is 287 g/mol. The summed E-state index contributed by atoms with van der Waals surface area (Å²) in [5, 5.41) is 3.29. The molecule has 1 fully saturated rings. The fraction of sp³-hybridized carbons (Fsp3) is 0.588. The lowest BCUT2D eigenvalue weighted by Gasteiger charge is -2.34. The smallest absolute Gasteiger partial charge is 0.236 e. The van der Waals surface area contributed by atoms with Crippen LogP contribution >= 0.6 is 0 Å². The summed E-state index contributed by atoms with van der Waals surface area (Å²) in [6.45, 7) is 4.09. The molecule has 0 radical (unpaired) electrons. The van der Waals surface area contributed by atoms with Gasteiger partial charge in [-0.05, 0) is 37.4 Å². The molecule has 1 amide bonds. The van der Waals surface area contributed by atoms with Crippen LogP contribution in [-0.2, 0) is 17.6 Å². The molecule has 4 nitrogen and oxygen atoms in total. The van der Waals surface area contributed by atoms with Crippen molar-refractivity contribution in [3.8, 4) is 0 Å². The number of fused-ring (bicyclic) bond motifs is 1. The van der Waals surface area contributed by atoms with E-state index in [0.717, 1.165) is 45.4 Å². The minimum atomic E-state index is 0.276. The Kier molecular flexibility index (Phi) is 4.56. The Hall–Kier alpha value is -1.39. The van der Waals surface area contributed by atoms with E-state index in [2.05, 4.69) is 41.5 Å². The molecule has 3 rings (SSSR count). The standard InChI is InChI=1S/C17H25N3O/c1-19(13-17(21)20-10-8-18-9-11-20)16-7-6-14-4-2-3-5-15(14)12-16/h2-5,16,18H,6-13H2,1H3. The predicted molar refractivity (Wildman–Crippen MR) is 84.3 cm³/mol. The molecule has 0 saturated carbocycles. The molecule has 0 spiro atoms. The summed E-state index contributed by atoms with van der Waals surface area (Å²) in [4.78, 5) is 16.6. The van der Waals surface area contributed by atoms with E-state index in [4.69, 9.17) is 0 Å². The van der Waals surface area contributed by atoms with E-state index in [1.54, 1.807) is 0 Å². The second-order valence-electron chi connectivity index (χ2n) is 6.21. The third kappa shape index (κ3) is 3.44. The minimum Gasteiger partial charge on any atom is -0.339 e. The van der Waals surface area contributed by atoms with Gasteiger partial charge in [-0.2, -0.15) is 0 Å². The van der Waals surface area contributed by atoms with Gasteiger partial charge in [0.05, 0.1) is 6.54 Å². The first kappa shape index (κ1) is 14.5. The van der Waals surface area contributed by atoms with E-state index in [1.165, 1.54) is 11.1 Å². The largest absolute Gasteiger partial charge is 0.339 e. The minimum absolute atomic E-state index is 0.276. The highest BCUT2D eigenvalue weighted by molar-refractivity contribution is 5.78. The Morgan fingerprint density at radius 3 is 2.76 bits per heavy atom. The molecular formula is C17H25N3O. The molecule has 1 N–H and O–H groups in total. The number of aryl methyl sites for hydroxylation is 1. The molecule has 1 aromatic carbocycles. The Bertz CT molecular complexity index is 497. The van der Waals surface area contributed by atoms with Gasteiger partial charge in [0.15, 0.2) is 0 Å². The number of carbonyl (C=O) groups is 1. The first-order valence-electron chi connectivity index (χ1n) is 7.99. The molecule has 1 unspecified atom stereocenters. The van der Waals surface area contributed by atoms with E-state index in [9.17, 15) is 4.79 Å². The number of nitrogens with zero attached hydrogens (tertiary/aromatic N) is 2. The molecular weight excluding hydrogens is 262 g/mol. The summed E-state index contributed by atoms with van der Waals surface area (Å²) in [7, 11) is 2.10. The SMILES string of the molecule is CN(CC(=O)N1CCNCC1)C1CCc2ccccc2C1. The lowest BCUT2D eigenvalue weighted by molar-refractivity contribution is -0.133. The molecule has 2 aliphatic rings. The summed E-state index contributed by atoms with van der Waals surface area (Å²) in [5.41, 5.74) is 2.94. The highest BCUT2D eigenvalue weighted by Crippen LogP contribution is 2.23. The summed E-state index contributed by atoms with van der Waals surface area (Å²) in [6, 6.07) is 9.20. The number of piperazine rings is 1. The molecule has 0 bridgehead atoms. The Labute approximate surface area is 127 Å². The van der Waals surface area contributed by atoms with Crippen LogP contribution in [0.4, 0.5) is 0 Å². The maximum Gasteiger partial charge on any atom is 0.236 e. The molecule has 114 valence electrons. The van der Waals surface area contributed by atoms with E-state index in [0.29, 0.717) is 12.6 Å². The second-order valence-corrected chi connectivity index (χ2v) is 6.21. The third-order valence-corrected chi connectivity index (χ3v) is 4.80. The Balaban J connectivity index is 1.56. The number of rotatable bonds is 3. The third-order valence-electron chi connectivity index (χ3n) is 4.80. The number of amides is 1. The maximum atomic E-state index is 12.4. The van der Waals surface area contributed by atoms with Crippen molar-refractivity contribution in [3.63, 3.8) is 0 Å². The topological polar surface area (TPSA) is 35.6 Å². The van der Waals surface area contributed by atoms with Crippen LogP contribution in [0.2, 0.25) is 0 Å². The van der Waals surface area contributed by atoms with E-state index in [-0.39, 0.29) is 5.91 Å². The first-order valence-corrected chi connectivity index (χ1v) is 7.99. The monoisotopic (exact) mass is 287 g/mol. The molecule has 1 heterocycles. The van der Waals surface area contributed by atoms with Gasteiger partial charge in [0.25, 0.3) is 0 Å². The molecule has 1 atom stereocenters. The molecule has 4 heteroatoms. The van der Waals surface area contributed by atoms with Crippen LogP contribution in [0.3, 0.4) is 0 Å². The fourth-order valence-electron chi connectivity index (χ4n) is 3.41. The summed E-state index contributed by atoms with van der Waals surface area (Å²) < 4.78 is 0. The molecule has 1 aliphatic heterocycles. The number of likely N-dealkylation sites (N-methyl/N-ethyl adjacent to an activating group) is 1. The van der Waals surface area contributed by atoms with Crippen LogP contribution in [0.15, 0.2) is 24.3 Å². The summed E-state index contributed by atoms with van der Waals surface area (Å²) in [5.74, 6) is 0.276. The Morgan fingerprint density at radius 2 is 2.00 bits per heavy atom. The van der Waals surface area contributed by atoms with Crippen LogP contribution < -0.4 is 5.32 Å². The fourth-order valence-corrected chi connectivity index (χ4v) is 3.41. The zero-order chi connectivity index (χ0) is 14.7. The van der Waals surface area contributed by atoms with Gasteiger partial charge in [0.1, 0.15) is 0 Å². The number of nitrogens with one attached hydrogen (secondary N) is 1. The first-order chi connectivity index (χ1) is 10.2. The van der Waals surface area contributed by atoms with Crippen molar-refractivity contribution in [2.75, 3.05) is 39.8 Å². The van der Waals surface area contributed by atoms with Crippen LogP contribution in [0, 0.1) is 0 Å². The molecule has 1 saturated heterocycles. The van der Waals surface area contributed by atoms with Gasteiger partial charge in [0, 0.05) is 32.2 Å². The quantitative estimate of drug-likeness (QED) is 0.897. The van der Waals surface area contributed by atoms with E-state index >= 15 is 0 Å². The van der Waals surface area contributed by atoms with Gasteiger partial charge in [0.2, 0.25) is 5.91 Å². The van der Waals surface area contributed by atoms with Gasteiger partial charge in [-0.3, -0.25) is 9.69 Å². The van der Waals surface area contributed by atoms with Crippen LogP contribution in [-0.4, -0.2) is 61.5 Å². The summed E-state index contributed by atoms with van der Waals surface area (Å²) >= 11 is 0. The number of hydrogen-bond acceptors (Lipinski definition) is 3. The molecule has 1 aliphatic carbocycles. The normalized spacial score (nSPS) is 22.2. The number of hydrogen-bond donors (Lipinski definition) is 1. The van der Waals surface area contributed by atoms with Crippen molar-refractivity contribution >= 4 is 5.91 Å². The maximum absolute atomic E-state index is 12.4. The highest BCUT2D eigenvalue weighted by atomic mass is 16.2. The molecule has 1 aromatic rings.